The molecular formula is C11H16BrNO2S3. The number of aryl methyl sites for hydroxylation is 1. The van der Waals surface area contributed by atoms with Gasteiger partial charge in [0, 0.05) is 11.4 Å². The highest BCUT2D eigenvalue weighted by Gasteiger charge is 2.21. The third-order valence-corrected chi connectivity index (χ3v) is 7.32. The smallest absolute Gasteiger partial charge is 0.211 e. The van der Waals surface area contributed by atoms with E-state index < -0.39 is 10.0 Å². The summed E-state index contributed by atoms with van der Waals surface area (Å²) >= 11 is 6.73. The van der Waals surface area contributed by atoms with E-state index in [1.807, 2.05) is 18.7 Å². The highest BCUT2D eigenvalue weighted by atomic mass is 79.9. The van der Waals surface area contributed by atoms with Crippen molar-refractivity contribution in [2.24, 2.45) is 5.92 Å². The molecule has 7 heteroatoms. The Morgan fingerprint density at radius 2 is 2.11 bits per heavy atom. The van der Waals surface area contributed by atoms with E-state index in [1.54, 1.807) is 6.07 Å². The zero-order chi connectivity index (χ0) is 13.2. The van der Waals surface area contributed by atoms with Crippen LogP contribution in [0.2, 0.25) is 0 Å². The van der Waals surface area contributed by atoms with E-state index in [9.17, 15) is 8.42 Å². The van der Waals surface area contributed by atoms with Gasteiger partial charge in [0.2, 0.25) is 10.0 Å². The van der Waals surface area contributed by atoms with Gasteiger partial charge in [-0.2, -0.15) is 11.8 Å². The fourth-order valence-corrected chi connectivity index (χ4v) is 6.69. The first-order valence-electron chi connectivity index (χ1n) is 5.82. The monoisotopic (exact) mass is 369 g/mol. The lowest BCUT2D eigenvalue weighted by Gasteiger charge is -2.21. The van der Waals surface area contributed by atoms with Gasteiger partial charge in [-0.3, -0.25) is 0 Å². The molecule has 0 aliphatic carbocycles. The number of hydrogen-bond acceptors (Lipinski definition) is 4. The molecule has 1 N–H and O–H groups in total. The van der Waals surface area contributed by atoms with E-state index in [0.29, 0.717) is 17.4 Å². The molecule has 18 heavy (non-hydrogen) atoms. The lowest BCUT2D eigenvalue weighted by atomic mass is 10.0. The fourth-order valence-electron chi connectivity index (χ4n) is 1.95. The van der Waals surface area contributed by atoms with Gasteiger partial charge in [-0.05, 0) is 59.2 Å². The van der Waals surface area contributed by atoms with Crippen LogP contribution in [0.4, 0.5) is 0 Å². The van der Waals surface area contributed by atoms with Crippen LogP contribution in [0.25, 0.3) is 0 Å². The van der Waals surface area contributed by atoms with Crippen molar-refractivity contribution in [3.05, 3.63) is 14.7 Å². The molecule has 0 radical (unpaired) electrons. The third kappa shape index (κ3) is 3.72. The van der Waals surface area contributed by atoms with Gasteiger partial charge in [-0.1, -0.05) is 0 Å². The third-order valence-electron chi connectivity index (χ3n) is 3.03. The molecule has 1 saturated heterocycles. The van der Waals surface area contributed by atoms with Crippen molar-refractivity contribution < 1.29 is 8.42 Å². The molecule has 0 saturated carbocycles. The second-order valence-electron chi connectivity index (χ2n) is 4.38. The molecule has 0 unspecified atom stereocenters. The van der Waals surface area contributed by atoms with Gasteiger partial charge in [0.15, 0.2) is 0 Å². The summed E-state index contributed by atoms with van der Waals surface area (Å²) in [5.74, 6) is 2.79. The number of sulfonamides is 1. The maximum absolute atomic E-state index is 12.2. The van der Waals surface area contributed by atoms with Crippen molar-refractivity contribution in [2.75, 3.05) is 18.1 Å². The van der Waals surface area contributed by atoms with Gasteiger partial charge in [-0.15, -0.1) is 11.3 Å². The normalized spacial score (nSPS) is 18.1. The van der Waals surface area contributed by atoms with Gasteiger partial charge in [0.25, 0.3) is 0 Å². The van der Waals surface area contributed by atoms with Gasteiger partial charge in [0.05, 0.1) is 8.68 Å². The number of thioether (sulfide) groups is 1. The van der Waals surface area contributed by atoms with Gasteiger partial charge < -0.3 is 0 Å². The van der Waals surface area contributed by atoms with Crippen molar-refractivity contribution in [3.63, 3.8) is 0 Å². The Hall–Kier alpha value is 0.440. The quantitative estimate of drug-likeness (QED) is 0.885. The maximum Gasteiger partial charge on any atom is 0.241 e. The largest absolute Gasteiger partial charge is 0.241 e. The van der Waals surface area contributed by atoms with Crippen LogP contribution in [-0.2, 0) is 10.0 Å². The van der Waals surface area contributed by atoms with Gasteiger partial charge in [0.1, 0.15) is 0 Å². The number of hydrogen-bond donors (Lipinski definition) is 1. The molecular weight excluding hydrogens is 354 g/mol. The van der Waals surface area contributed by atoms with Crippen LogP contribution in [0, 0.1) is 12.8 Å². The van der Waals surface area contributed by atoms with Crippen molar-refractivity contribution >= 4 is 49.1 Å². The lowest BCUT2D eigenvalue weighted by Crippen LogP contribution is -2.31. The molecule has 1 aromatic heterocycles. The van der Waals surface area contributed by atoms with Crippen LogP contribution < -0.4 is 4.72 Å². The zero-order valence-electron chi connectivity index (χ0n) is 10.1. The molecule has 0 atom stereocenters. The first-order chi connectivity index (χ1) is 8.49. The molecule has 0 spiro atoms. The van der Waals surface area contributed by atoms with Gasteiger partial charge >= 0.3 is 0 Å². The van der Waals surface area contributed by atoms with Crippen LogP contribution in [-0.4, -0.2) is 26.5 Å². The number of nitrogens with one attached hydrogen (secondary N) is 1. The molecule has 2 rings (SSSR count). The maximum atomic E-state index is 12.2. The standard InChI is InChI=1S/C11H16BrNO2S3/c1-8-10(6-11(12)17-8)18(14,15)13-7-9-2-4-16-5-3-9/h6,9,13H,2-5,7H2,1H3. The fraction of sp³-hybridized carbons (Fsp3) is 0.636. The van der Waals surface area contributed by atoms with E-state index in [1.165, 1.54) is 11.3 Å². The molecule has 2 heterocycles. The van der Waals surface area contributed by atoms with Crippen LogP contribution in [0.1, 0.15) is 17.7 Å². The van der Waals surface area contributed by atoms with E-state index in [2.05, 4.69) is 20.7 Å². The summed E-state index contributed by atoms with van der Waals surface area (Å²) in [5, 5.41) is 0. The summed E-state index contributed by atoms with van der Waals surface area (Å²) in [6, 6.07) is 1.68. The minimum atomic E-state index is -3.35. The van der Waals surface area contributed by atoms with E-state index in [0.717, 1.165) is 33.0 Å². The molecule has 102 valence electrons. The predicted molar refractivity (Wildman–Crippen MR) is 82.0 cm³/mol. The second-order valence-corrected chi connectivity index (χ2v) is 9.97. The van der Waals surface area contributed by atoms with Crippen LogP contribution in [0.15, 0.2) is 14.7 Å². The van der Waals surface area contributed by atoms with Crippen molar-refractivity contribution in [1.82, 2.24) is 4.72 Å². The number of halogens is 1. The Kier molecular flexibility index (Phi) is 5.16. The lowest BCUT2D eigenvalue weighted by molar-refractivity contribution is 0.476. The summed E-state index contributed by atoms with van der Waals surface area (Å²) in [5.41, 5.74) is 0. The molecule has 0 aromatic carbocycles. The van der Waals surface area contributed by atoms with E-state index in [4.69, 9.17) is 0 Å². The number of thiophene rings is 1. The first kappa shape index (κ1) is 14.8. The highest BCUT2D eigenvalue weighted by Crippen LogP contribution is 2.30. The summed E-state index contributed by atoms with van der Waals surface area (Å²) in [4.78, 5) is 1.23. The Bertz CT molecular complexity index is 506. The minimum Gasteiger partial charge on any atom is -0.211 e. The molecule has 3 nitrogen and oxygen atoms in total. The van der Waals surface area contributed by atoms with E-state index >= 15 is 0 Å². The topological polar surface area (TPSA) is 46.2 Å². The van der Waals surface area contributed by atoms with Crippen molar-refractivity contribution in [1.29, 1.82) is 0 Å². The predicted octanol–water partition coefficient (Wildman–Crippen LogP) is 3.24. The van der Waals surface area contributed by atoms with Crippen molar-refractivity contribution in [3.8, 4) is 0 Å². The second kappa shape index (κ2) is 6.26. The molecule has 1 aromatic rings. The van der Waals surface area contributed by atoms with E-state index in [-0.39, 0.29) is 0 Å². The average molecular weight is 370 g/mol. The first-order valence-corrected chi connectivity index (χ1v) is 10.1. The summed E-state index contributed by atoms with van der Waals surface area (Å²) in [7, 11) is -3.35. The molecule has 0 bridgehead atoms. The van der Waals surface area contributed by atoms with Crippen LogP contribution >= 0.6 is 39.0 Å². The molecule has 1 aliphatic rings. The Balaban J connectivity index is 2.01. The van der Waals surface area contributed by atoms with Crippen LogP contribution in [0.3, 0.4) is 0 Å². The molecule has 1 aliphatic heterocycles. The summed E-state index contributed by atoms with van der Waals surface area (Å²) in [6.07, 6.45) is 2.22. The summed E-state index contributed by atoms with van der Waals surface area (Å²) in [6.45, 7) is 2.40. The zero-order valence-corrected chi connectivity index (χ0v) is 14.1. The minimum absolute atomic E-state index is 0.407. The van der Waals surface area contributed by atoms with Crippen molar-refractivity contribution in [2.45, 2.75) is 24.7 Å². The Morgan fingerprint density at radius 1 is 1.44 bits per heavy atom. The highest BCUT2D eigenvalue weighted by molar-refractivity contribution is 9.11. The Labute approximate surface area is 125 Å². The number of rotatable bonds is 4. The SMILES string of the molecule is Cc1sc(Br)cc1S(=O)(=O)NCC1CCSCC1. The molecule has 1 fully saturated rings. The molecule has 0 amide bonds. The van der Waals surface area contributed by atoms with Crippen LogP contribution in [0.5, 0.6) is 0 Å². The van der Waals surface area contributed by atoms with Gasteiger partial charge in [-0.25, -0.2) is 13.1 Å². The Morgan fingerprint density at radius 3 is 2.67 bits per heavy atom. The average Bonchev–Trinajstić information content (AvgIpc) is 2.68. The summed E-state index contributed by atoms with van der Waals surface area (Å²) < 4.78 is 28.0.